The molecule has 136 valence electrons. The summed E-state index contributed by atoms with van der Waals surface area (Å²) in [6.45, 7) is 0. The molecule has 27 heavy (non-hydrogen) atoms. The van der Waals surface area contributed by atoms with Crippen LogP contribution in [0.15, 0.2) is 84.9 Å². The van der Waals surface area contributed by atoms with Crippen LogP contribution in [-0.2, 0) is 4.74 Å². The van der Waals surface area contributed by atoms with Gasteiger partial charge in [0.1, 0.15) is 0 Å². The van der Waals surface area contributed by atoms with Crippen molar-refractivity contribution in [2.75, 3.05) is 19.0 Å². The molecule has 0 radical (unpaired) electrons. The van der Waals surface area contributed by atoms with E-state index in [-0.39, 0.29) is 5.78 Å². The molecule has 0 aromatic heterocycles. The van der Waals surface area contributed by atoms with E-state index in [1.807, 2.05) is 55.4 Å². The monoisotopic (exact) mass is 359 g/mol. The van der Waals surface area contributed by atoms with E-state index in [9.17, 15) is 9.59 Å². The van der Waals surface area contributed by atoms with E-state index >= 15 is 0 Å². The summed E-state index contributed by atoms with van der Waals surface area (Å²) in [6.07, 6.45) is -0.996. The van der Waals surface area contributed by atoms with Gasteiger partial charge in [0, 0.05) is 30.9 Å². The zero-order chi connectivity index (χ0) is 19.2. The molecule has 0 saturated carbocycles. The van der Waals surface area contributed by atoms with E-state index in [1.54, 1.807) is 48.5 Å². The van der Waals surface area contributed by atoms with Gasteiger partial charge in [-0.3, -0.25) is 4.79 Å². The highest BCUT2D eigenvalue weighted by atomic mass is 16.5. The molecule has 1 unspecified atom stereocenters. The molecule has 1 atom stereocenters. The fraction of sp³-hybridized carbons (Fsp3) is 0.130. The molecule has 4 nitrogen and oxygen atoms in total. The summed E-state index contributed by atoms with van der Waals surface area (Å²) in [5, 5.41) is 0. The van der Waals surface area contributed by atoms with Gasteiger partial charge in [0.05, 0.1) is 5.56 Å². The second kappa shape index (κ2) is 8.32. The highest BCUT2D eigenvalue weighted by Gasteiger charge is 2.26. The topological polar surface area (TPSA) is 46.6 Å². The van der Waals surface area contributed by atoms with Crippen molar-refractivity contribution >= 4 is 17.4 Å². The van der Waals surface area contributed by atoms with E-state index in [0.717, 1.165) is 5.69 Å². The summed E-state index contributed by atoms with van der Waals surface area (Å²) in [5.41, 5.74) is 2.54. The number of nitrogens with zero attached hydrogens (tertiary/aromatic N) is 1. The highest BCUT2D eigenvalue weighted by Crippen LogP contribution is 2.25. The van der Waals surface area contributed by atoms with Crippen molar-refractivity contribution in [1.29, 1.82) is 0 Å². The average molecular weight is 359 g/mol. The first-order valence-corrected chi connectivity index (χ1v) is 8.69. The van der Waals surface area contributed by atoms with Gasteiger partial charge in [0.2, 0.25) is 5.78 Å². The number of anilines is 1. The maximum absolute atomic E-state index is 13.1. The summed E-state index contributed by atoms with van der Waals surface area (Å²) in [4.78, 5) is 27.6. The van der Waals surface area contributed by atoms with Gasteiger partial charge in [-0.15, -0.1) is 0 Å². The molecule has 0 heterocycles. The Bertz CT molecular complexity index is 903. The third-order valence-corrected chi connectivity index (χ3v) is 4.24. The minimum absolute atomic E-state index is 0.254. The van der Waals surface area contributed by atoms with Crippen LogP contribution < -0.4 is 4.90 Å². The lowest BCUT2D eigenvalue weighted by Gasteiger charge is -2.18. The van der Waals surface area contributed by atoms with Crippen molar-refractivity contribution in [1.82, 2.24) is 0 Å². The maximum atomic E-state index is 13.1. The molecule has 0 amide bonds. The maximum Gasteiger partial charge on any atom is 0.339 e. The van der Waals surface area contributed by atoms with Crippen LogP contribution in [0.25, 0.3) is 0 Å². The first-order valence-electron chi connectivity index (χ1n) is 8.69. The second-order valence-corrected chi connectivity index (χ2v) is 6.37. The Morgan fingerprint density at radius 3 is 1.85 bits per heavy atom. The van der Waals surface area contributed by atoms with Gasteiger partial charge in [-0.1, -0.05) is 48.5 Å². The Kier molecular flexibility index (Phi) is 5.67. The van der Waals surface area contributed by atoms with Crippen LogP contribution in [-0.4, -0.2) is 25.8 Å². The van der Waals surface area contributed by atoms with E-state index in [2.05, 4.69) is 0 Å². The van der Waals surface area contributed by atoms with Gasteiger partial charge < -0.3 is 9.64 Å². The molecule has 0 aliphatic carbocycles. The van der Waals surface area contributed by atoms with Crippen LogP contribution in [0.2, 0.25) is 0 Å². The number of ether oxygens (including phenoxy) is 1. The number of hydrogen-bond acceptors (Lipinski definition) is 4. The third-order valence-electron chi connectivity index (χ3n) is 4.24. The van der Waals surface area contributed by atoms with Crippen LogP contribution in [0, 0.1) is 0 Å². The van der Waals surface area contributed by atoms with Gasteiger partial charge >= 0.3 is 5.97 Å². The number of carbonyl (C=O) groups is 2. The lowest BCUT2D eigenvalue weighted by Crippen LogP contribution is -2.20. The Morgan fingerprint density at radius 1 is 0.741 bits per heavy atom. The zero-order valence-corrected chi connectivity index (χ0v) is 15.3. The molecule has 0 aliphatic rings. The summed E-state index contributed by atoms with van der Waals surface area (Å²) in [6, 6.07) is 25.0. The predicted molar refractivity (Wildman–Crippen MR) is 106 cm³/mol. The summed E-state index contributed by atoms with van der Waals surface area (Å²) in [7, 11) is 3.87. The normalized spacial score (nSPS) is 11.5. The second-order valence-electron chi connectivity index (χ2n) is 6.37. The number of Topliss-reactive ketones (excluding diaryl/α,β-unsaturated/α-hetero) is 1. The van der Waals surface area contributed by atoms with Crippen LogP contribution >= 0.6 is 0 Å². The Hall–Kier alpha value is -3.40. The van der Waals surface area contributed by atoms with E-state index in [1.165, 1.54) is 0 Å². The van der Waals surface area contributed by atoms with Crippen LogP contribution in [0.1, 0.15) is 32.4 Å². The number of hydrogen-bond donors (Lipinski definition) is 0. The minimum Gasteiger partial charge on any atom is -0.445 e. The fourth-order valence-corrected chi connectivity index (χ4v) is 2.73. The van der Waals surface area contributed by atoms with E-state index in [0.29, 0.717) is 16.7 Å². The fourth-order valence-electron chi connectivity index (χ4n) is 2.73. The summed E-state index contributed by atoms with van der Waals surface area (Å²) < 4.78 is 5.62. The minimum atomic E-state index is -0.996. The molecular formula is C23H21NO3. The van der Waals surface area contributed by atoms with Gasteiger partial charge in [-0.05, 0) is 36.4 Å². The van der Waals surface area contributed by atoms with Crippen molar-refractivity contribution in [2.24, 2.45) is 0 Å². The van der Waals surface area contributed by atoms with Crippen molar-refractivity contribution in [2.45, 2.75) is 6.10 Å². The number of benzene rings is 3. The molecule has 3 aromatic rings. The van der Waals surface area contributed by atoms with Gasteiger partial charge in [0.15, 0.2) is 6.10 Å². The van der Waals surface area contributed by atoms with Crippen LogP contribution in [0.4, 0.5) is 5.69 Å². The first kappa shape index (κ1) is 18.4. The lowest BCUT2D eigenvalue weighted by atomic mass is 9.99. The first-order chi connectivity index (χ1) is 13.1. The molecule has 3 aromatic carbocycles. The molecule has 4 heteroatoms. The largest absolute Gasteiger partial charge is 0.445 e. The van der Waals surface area contributed by atoms with Gasteiger partial charge in [0.25, 0.3) is 0 Å². The molecular weight excluding hydrogens is 338 g/mol. The SMILES string of the molecule is CN(C)c1ccc(C(=O)C(OC(=O)c2ccccc2)c2ccccc2)cc1. The molecule has 0 spiro atoms. The van der Waals surface area contributed by atoms with E-state index < -0.39 is 12.1 Å². The number of rotatable bonds is 6. The molecule has 0 aliphatic heterocycles. The van der Waals surface area contributed by atoms with Crippen molar-refractivity contribution in [3.63, 3.8) is 0 Å². The average Bonchev–Trinajstić information content (AvgIpc) is 2.72. The Balaban J connectivity index is 1.90. The summed E-state index contributed by atoms with van der Waals surface area (Å²) >= 11 is 0. The van der Waals surface area contributed by atoms with Crippen molar-refractivity contribution in [3.05, 3.63) is 102 Å². The highest BCUT2D eigenvalue weighted by molar-refractivity contribution is 6.02. The summed E-state index contributed by atoms with van der Waals surface area (Å²) in [5.74, 6) is -0.779. The quantitative estimate of drug-likeness (QED) is 0.479. The molecule has 0 fully saturated rings. The van der Waals surface area contributed by atoms with Gasteiger partial charge in [-0.25, -0.2) is 4.79 Å². The molecule has 3 rings (SSSR count). The van der Waals surface area contributed by atoms with Gasteiger partial charge in [-0.2, -0.15) is 0 Å². The molecule has 0 saturated heterocycles. The Labute approximate surface area is 159 Å². The molecule has 0 N–H and O–H groups in total. The lowest BCUT2D eigenvalue weighted by molar-refractivity contribution is 0.0280. The third kappa shape index (κ3) is 4.42. The van der Waals surface area contributed by atoms with Crippen LogP contribution in [0.5, 0.6) is 0 Å². The number of esters is 1. The van der Waals surface area contributed by atoms with E-state index in [4.69, 9.17) is 4.74 Å². The Morgan fingerprint density at radius 2 is 1.30 bits per heavy atom. The smallest absolute Gasteiger partial charge is 0.339 e. The predicted octanol–water partition coefficient (Wildman–Crippen LogP) is 4.53. The number of carbonyl (C=O) groups excluding carboxylic acids is 2. The van der Waals surface area contributed by atoms with Crippen molar-refractivity contribution < 1.29 is 14.3 Å². The van der Waals surface area contributed by atoms with Crippen molar-refractivity contribution in [3.8, 4) is 0 Å². The standard InChI is InChI=1S/C23H21NO3/c1-24(2)20-15-13-17(14-16-20)21(25)22(18-9-5-3-6-10-18)27-23(26)19-11-7-4-8-12-19/h3-16,22H,1-2H3. The molecule has 0 bridgehead atoms. The zero-order valence-electron chi connectivity index (χ0n) is 15.3. The van der Waals surface area contributed by atoms with Crippen LogP contribution in [0.3, 0.4) is 0 Å². The number of ketones is 1.